The highest BCUT2D eigenvalue weighted by molar-refractivity contribution is 6.76. The minimum absolute atomic E-state index is 0.0295. The van der Waals surface area contributed by atoms with Crippen LogP contribution in [-0.4, -0.2) is 71.5 Å². The van der Waals surface area contributed by atoms with E-state index in [1.807, 2.05) is 30.3 Å². The molecule has 10 nitrogen and oxygen atoms in total. The quantitative estimate of drug-likeness (QED) is 0.127. The Kier molecular flexibility index (Phi) is 8.64. The lowest BCUT2D eigenvalue weighted by Gasteiger charge is -2.26. The van der Waals surface area contributed by atoms with E-state index in [2.05, 4.69) is 29.7 Å². The summed E-state index contributed by atoms with van der Waals surface area (Å²) in [6.07, 6.45) is 2.27. The number of azide groups is 1. The predicted octanol–water partition coefficient (Wildman–Crippen LogP) is 5.12. The van der Waals surface area contributed by atoms with Crippen molar-refractivity contribution in [3.05, 3.63) is 69.6 Å². The summed E-state index contributed by atoms with van der Waals surface area (Å²) in [6, 6.07) is 11.2. The molecule has 0 N–H and O–H groups in total. The van der Waals surface area contributed by atoms with Gasteiger partial charge in [-0.25, -0.2) is 0 Å². The molecular weight excluding hydrogens is 514 g/mol. The van der Waals surface area contributed by atoms with Gasteiger partial charge in [0.05, 0.1) is 25.5 Å². The Hall–Kier alpha value is -3.79. The Labute approximate surface area is 229 Å². The number of hydrogen-bond donors (Lipinski definition) is 0. The molecule has 2 aliphatic rings. The number of benzene rings is 2. The summed E-state index contributed by atoms with van der Waals surface area (Å²) >= 11 is 0. The zero-order chi connectivity index (χ0) is 28.2. The molecule has 0 spiro atoms. The molecule has 206 valence electrons. The number of ether oxygens (including phenoxy) is 3. The van der Waals surface area contributed by atoms with Gasteiger partial charge in [-0.1, -0.05) is 36.9 Å². The van der Waals surface area contributed by atoms with Crippen molar-refractivity contribution in [2.75, 3.05) is 45.5 Å². The van der Waals surface area contributed by atoms with Crippen LogP contribution in [0, 0.1) is 0 Å². The third kappa shape index (κ3) is 6.27. The van der Waals surface area contributed by atoms with Gasteiger partial charge in [0.2, 0.25) is 0 Å². The number of carbonyl (C=O) groups excluding carboxylic acids is 2. The fourth-order valence-corrected chi connectivity index (χ4v) is 5.47. The molecule has 0 unspecified atom stereocenters. The molecule has 4 rings (SSSR count). The van der Waals surface area contributed by atoms with Crippen molar-refractivity contribution < 1.29 is 23.8 Å². The average Bonchev–Trinajstić information content (AvgIpc) is 3.35. The fourth-order valence-electron chi connectivity index (χ4n) is 4.72. The summed E-state index contributed by atoms with van der Waals surface area (Å²) in [5, 5.41) is 3.63. The molecule has 2 aliphatic heterocycles. The number of nitrogens with zero attached hydrogens (tertiary/aromatic N) is 5. The Bertz CT molecular complexity index is 1310. The Morgan fingerprint density at radius 2 is 1.85 bits per heavy atom. The number of anilines is 1. The van der Waals surface area contributed by atoms with E-state index < -0.39 is 14.1 Å². The smallest absolute Gasteiger partial charge is 0.257 e. The van der Waals surface area contributed by atoms with Crippen molar-refractivity contribution in [1.29, 1.82) is 0 Å². The maximum atomic E-state index is 14.0. The van der Waals surface area contributed by atoms with Crippen LogP contribution >= 0.6 is 0 Å². The molecule has 0 radical (unpaired) electrons. The van der Waals surface area contributed by atoms with E-state index in [0.29, 0.717) is 36.6 Å². The summed E-state index contributed by atoms with van der Waals surface area (Å²) in [7, 11) is 1.81. The number of fused-ring (bicyclic) bond motifs is 2. The van der Waals surface area contributed by atoms with E-state index in [1.165, 1.54) is 7.11 Å². The molecule has 0 aliphatic carbocycles. The van der Waals surface area contributed by atoms with Crippen molar-refractivity contribution >= 4 is 31.1 Å². The van der Waals surface area contributed by atoms with Crippen molar-refractivity contribution in [3.63, 3.8) is 0 Å². The zero-order valence-electron chi connectivity index (χ0n) is 23.1. The van der Waals surface area contributed by atoms with Crippen LogP contribution in [0.25, 0.3) is 16.0 Å². The number of hydrogen-bond acceptors (Lipinski definition) is 6. The number of rotatable bonds is 11. The molecule has 39 heavy (non-hydrogen) atoms. The van der Waals surface area contributed by atoms with Crippen LogP contribution < -0.4 is 14.4 Å². The zero-order valence-corrected chi connectivity index (χ0v) is 24.1. The standard InChI is InChI=1S/C28H35N5O5Si/c1-36-22-8-6-19(7-9-22)21-15-25-28(35)33(18-38-12-13-39(3,4)5)24-14-20(10-11-30-31-29)26(37-2)16-23(24)27(34)32(25)17-21/h6-9,14-16,25H,10-13,17-18H2,1-5H3/t25-/m0/s1. The van der Waals surface area contributed by atoms with Crippen molar-refractivity contribution in [2.45, 2.75) is 38.1 Å². The third-order valence-electron chi connectivity index (χ3n) is 6.96. The summed E-state index contributed by atoms with van der Waals surface area (Å²) in [6.45, 7) is 7.89. The summed E-state index contributed by atoms with van der Waals surface area (Å²) in [5.74, 6) is 0.749. The molecule has 11 heteroatoms. The number of amides is 2. The lowest BCUT2D eigenvalue weighted by molar-refractivity contribution is -0.122. The van der Waals surface area contributed by atoms with Gasteiger partial charge in [0.15, 0.2) is 0 Å². The van der Waals surface area contributed by atoms with Gasteiger partial charge in [0, 0.05) is 32.7 Å². The maximum absolute atomic E-state index is 14.0. The van der Waals surface area contributed by atoms with Crippen molar-refractivity contribution in [1.82, 2.24) is 4.90 Å². The van der Waals surface area contributed by atoms with Crippen LogP contribution in [-0.2, 0) is 16.0 Å². The van der Waals surface area contributed by atoms with Gasteiger partial charge in [-0.3, -0.25) is 14.5 Å². The largest absolute Gasteiger partial charge is 0.497 e. The molecule has 2 heterocycles. The highest BCUT2D eigenvalue weighted by Crippen LogP contribution is 2.38. The Morgan fingerprint density at radius 3 is 2.49 bits per heavy atom. The van der Waals surface area contributed by atoms with Gasteiger partial charge < -0.3 is 19.1 Å². The highest BCUT2D eigenvalue weighted by atomic mass is 28.3. The SMILES string of the molecule is COc1ccc(C2=C[C@H]3C(=O)N(COCC[Si](C)(C)C)c4cc(CCN=[N+]=[N-])c(OC)cc4C(=O)N3C2)cc1. The number of carbonyl (C=O) groups is 2. The van der Waals surface area contributed by atoms with E-state index in [0.717, 1.165) is 28.5 Å². The van der Waals surface area contributed by atoms with Crippen LogP contribution in [0.3, 0.4) is 0 Å². The van der Waals surface area contributed by atoms with Gasteiger partial charge in [0.1, 0.15) is 24.3 Å². The molecular formula is C28H35N5O5Si. The molecule has 0 aromatic heterocycles. The minimum Gasteiger partial charge on any atom is -0.497 e. The Balaban J connectivity index is 1.72. The second kappa shape index (κ2) is 11.9. The van der Waals surface area contributed by atoms with Crippen LogP contribution in [0.15, 0.2) is 47.6 Å². The maximum Gasteiger partial charge on any atom is 0.257 e. The second-order valence-electron chi connectivity index (χ2n) is 10.8. The van der Waals surface area contributed by atoms with E-state index in [4.69, 9.17) is 19.7 Å². The van der Waals surface area contributed by atoms with Gasteiger partial charge in [-0.2, -0.15) is 0 Å². The van der Waals surface area contributed by atoms with Crippen LogP contribution in [0.5, 0.6) is 11.5 Å². The van der Waals surface area contributed by atoms with E-state index >= 15 is 0 Å². The first-order valence-corrected chi connectivity index (χ1v) is 16.6. The molecule has 2 amide bonds. The Morgan fingerprint density at radius 1 is 1.10 bits per heavy atom. The number of methoxy groups -OCH3 is 2. The topological polar surface area (TPSA) is 117 Å². The lowest BCUT2D eigenvalue weighted by Crippen LogP contribution is -2.45. The molecule has 0 saturated heterocycles. The van der Waals surface area contributed by atoms with Crippen LogP contribution in [0.1, 0.15) is 21.5 Å². The monoisotopic (exact) mass is 549 g/mol. The first-order chi connectivity index (χ1) is 18.7. The first-order valence-electron chi connectivity index (χ1n) is 12.9. The van der Waals surface area contributed by atoms with Crippen molar-refractivity contribution in [3.8, 4) is 11.5 Å². The van der Waals surface area contributed by atoms with Gasteiger partial charge >= 0.3 is 0 Å². The first kappa shape index (κ1) is 28.2. The summed E-state index contributed by atoms with van der Waals surface area (Å²) in [4.78, 5) is 33.9. The normalized spacial score (nSPS) is 16.7. The molecule has 0 bridgehead atoms. The second-order valence-corrected chi connectivity index (χ2v) is 16.4. The molecule has 0 saturated carbocycles. The molecule has 2 aromatic rings. The predicted molar refractivity (Wildman–Crippen MR) is 153 cm³/mol. The minimum atomic E-state index is -1.33. The fraction of sp³-hybridized carbons (Fsp3) is 0.429. The van der Waals surface area contributed by atoms with Crippen LogP contribution in [0.4, 0.5) is 5.69 Å². The third-order valence-corrected chi connectivity index (χ3v) is 8.66. The highest BCUT2D eigenvalue weighted by Gasteiger charge is 2.42. The van der Waals surface area contributed by atoms with E-state index in [1.54, 1.807) is 29.0 Å². The van der Waals surface area contributed by atoms with Gasteiger partial charge in [-0.05, 0) is 65.0 Å². The van der Waals surface area contributed by atoms with Crippen LogP contribution in [0.2, 0.25) is 25.7 Å². The van der Waals surface area contributed by atoms with E-state index in [9.17, 15) is 9.59 Å². The molecule has 1 atom stereocenters. The van der Waals surface area contributed by atoms with Gasteiger partial charge in [0.25, 0.3) is 11.8 Å². The molecule has 2 aromatic carbocycles. The summed E-state index contributed by atoms with van der Waals surface area (Å²) < 4.78 is 16.9. The van der Waals surface area contributed by atoms with Gasteiger partial charge in [-0.15, -0.1) is 0 Å². The lowest BCUT2D eigenvalue weighted by atomic mass is 10.0. The average molecular weight is 550 g/mol. The van der Waals surface area contributed by atoms with Crippen molar-refractivity contribution in [2.24, 2.45) is 5.11 Å². The molecule has 0 fully saturated rings. The van der Waals surface area contributed by atoms with E-state index in [-0.39, 0.29) is 25.1 Å². The summed E-state index contributed by atoms with van der Waals surface area (Å²) in [5.41, 5.74) is 12.1.